The summed E-state index contributed by atoms with van der Waals surface area (Å²) in [4.78, 5) is 13.1. The van der Waals surface area contributed by atoms with E-state index < -0.39 is 80.7 Å². The number of hydrogen-bond acceptors (Lipinski definition) is 14. The summed E-state index contributed by atoms with van der Waals surface area (Å²) in [6, 6.07) is 0. The molecule has 0 spiro atoms. The molecule has 11 unspecified atom stereocenters. The van der Waals surface area contributed by atoms with E-state index in [2.05, 4.69) is 26.0 Å². The Kier molecular flexibility index (Phi) is 48.0. The summed E-state index contributed by atoms with van der Waals surface area (Å²) in [6.45, 7) is 3.77. The Morgan fingerprint density at radius 2 is 0.756 bits per heavy atom. The molecule has 2 aliphatic heterocycles. The molecule has 0 radical (unpaired) electrons. The van der Waals surface area contributed by atoms with Crippen LogP contribution in [0.2, 0.25) is 0 Å². The second-order valence-corrected chi connectivity index (χ2v) is 23.3. The number of rotatable bonds is 55. The fourth-order valence-corrected chi connectivity index (χ4v) is 10.8. The summed E-state index contributed by atoms with van der Waals surface area (Å²) in [5.41, 5.74) is 0. The van der Waals surface area contributed by atoms with Crippen molar-refractivity contribution < 1.29 is 69.0 Å². The van der Waals surface area contributed by atoms with Crippen LogP contribution < -0.4 is 0 Å². The van der Waals surface area contributed by atoms with Crippen LogP contribution in [0.15, 0.2) is 12.2 Å². The number of ether oxygens (including phenoxy) is 6. The highest BCUT2D eigenvalue weighted by atomic mass is 16.7. The van der Waals surface area contributed by atoms with E-state index in [1.54, 1.807) is 0 Å². The smallest absolute Gasteiger partial charge is 0.306 e. The van der Waals surface area contributed by atoms with Crippen LogP contribution in [-0.4, -0.2) is 142 Å². The standard InChI is InChI=1S/C64H122O14/c1-3-5-7-9-11-13-15-17-19-21-23-24-25-26-27-28-29-31-33-35-37-39-41-43-45-47-56(66)76-53(50-73-48-46-44-42-40-38-36-34-32-30-22-20-18-16-14-12-10-8-6-4-2)51-74-63-62(72)60(70)58(68)55(78-63)52-75-64-61(71)59(69)57(67)54(49-65)77-64/h21,23,53-55,57-65,67-72H,3-20,22,24-52H2,1-2H3/b23-21-. The summed E-state index contributed by atoms with van der Waals surface area (Å²) < 4.78 is 34.5. The minimum absolute atomic E-state index is 0.0690. The highest BCUT2D eigenvalue weighted by molar-refractivity contribution is 5.69. The highest BCUT2D eigenvalue weighted by Gasteiger charge is 2.47. The third-order valence-corrected chi connectivity index (χ3v) is 16.0. The molecule has 0 aliphatic carbocycles. The van der Waals surface area contributed by atoms with Gasteiger partial charge < -0.3 is 64.2 Å². The molecule has 2 fully saturated rings. The maximum Gasteiger partial charge on any atom is 0.306 e. The molecule has 0 aromatic rings. The Morgan fingerprint density at radius 3 is 1.17 bits per heavy atom. The molecule has 2 saturated heterocycles. The number of allylic oxidation sites excluding steroid dienone is 2. The first kappa shape index (κ1) is 72.8. The minimum atomic E-state index is -1.70. The lowest BCUT2D eigenvalue weighted by Gasteiger charge is -2.42. The Labute approximate surface area is 475 Å². The number of aliphatic hydroxyl groups is 7. The lowest BCUT2D eigenvalue weighted by molar-refractivity contribution is -0.332. The van der Waals surface area contributed by atoms with Gasteiger partial charge in [0.05, 0.1) is 26.4 Å². The molecule has 14 heteroatoms. The summed E-state index contributed by atoms with van der Waals surface area (Å²) >= 11 is 0. The molecule has 462 valence electrons. The van der Waals surface area contributed by atoms with Crippen LogP contribution in [0.1, 0.15) is 290 Å². The quantitative estimate of drug-likeness (QED) is 0.0172. The van der Waals surface area contributed by atoms with Crippen LogP contribution in [0.5, 0.6) is 0 Å². The number of hydrogen-bond donors (Lipinski definition) is 7. The minimum Gasteiger partial charge on any atom is -0.457 e. The van der Waals surface area contributed by atoms with Gasteiger partial charge in [0, 0.05) is 13.0 Å². The Hall–Kier alpha value is -1.27. The van der Waals surface area contributed by atoms with Gasteiger partial charge in [0.1, 0.15) is 54.9 Å². The molecule has 14 nitrogen and oxygen atoms in total. The van der Waals surface area contributed by atoms with Crippen molar-refractivity contribution in [3.05, 3.63) is 12.2 Å². The van der Waals surface area contributed by atoms with Crippen LogP contribution in [0.3, 0.4) is 0 Å². The first-order chi connectivity index (χ1) is 38.1. The van der Waals surface area contributed by atoms with Crippen LogP contribution in [0, 0.1) is 0 Å². The van der Waals surface area contributed by atoms with Crippen LogP contribution in [-0.2, 0) is 33.2 Å². The molecule has 2 heterocycles. The van der Waals surface area contributed by atoms with E-state index in [4.69, 9.17) is 28.4 Å². The summed E-state index contributed by atoms with van der Waals surface area (Å²) in [7, 11) is 0. The van der Waals surface area contributed by atoms with Gasteiger partial charge in [-0.15, -0.1) is 0 Å². The van der Waals surface area contributed by atoms with Crippen LogP contribution in [0.25, 0.3) is 0 Å². The molecule has 11 atom stereocenters. The number of esters is 1. The predicted molar refractivity (Wildman–Crippen MR) is 312 cm³/mol. The second-order valence-electron chi connectivity index (χ2n) is 23.3. The molecule has 0 amide bonds. The zero-order valence-electron chi connectivity index (χ0n) is 49.9. The number of unbranched alkanes of at least 4 members (excludes halogenated alkanes) is 39. The van der Waals surface area contributed by atoms with Crippen molar-refractivity contribution in [2.75, 3.05) is 33.0 Å². The average Bonchev–Trinajstić information content (AvgIpc) is 3.44. The first-order valence-electron chi connectivity index (χ1n) is 32.8. The molecule has 0 aromatic carbocycles. The molecule has 7 N–H and O–H groups in total. The summed E-state index contributed by atoms with van der Waals surface area (Å²) in [5.74, 6) is -0.368. The third-order valence-electron chi connectivity index (χ3n) is 16.0. The van der Waals surface area contributed by atoms with E-state index in [1.165, 1.54) is 225 Å². The van der Waals surface area contributed by atoms with E-state index in [0.717, 1.165) is 38.5 Å². The lowest BCUT2D eigenvalue weighted by atomic mass is 9.98. The number of aliphatic hydroxyl groups excluding tert-OH is 7. The molecule has 0 saturated carbocycles. The molecule has 2 rings (SSSR count). The van der Waals surface area contributed by atoms with E-state index in [0.29, 0.717) is 13.0 Å². The Balaban J connectivity index is 1.65. The van der Waals surface area contributed by atoms with Crippen LogP contribution in [0.4, 0.5) is 0 Å². The van der Waals surface area contributed by atoms with Gasteiger partial charge in [-0.2, -0.15) is 0 Å². The zero-order chi connectivity index (χ0) is 56.5. The van der Waals surface area contributed by atoms with Gasteiger partial charge in [-0.1, -0.05) is 257 Å². The summed E-state index contributed by atoms with van der Waals surface area (Å²) in [5, 5.41) is 72.5. The predicted octanol–water partition coefficient (Wildman–Crippen LogP) is 12.9. The maximum absolute atomic E-state index is 13.1. The fraction of sp³-hybridized carbons (Fsp3) is 0.953. The van der Waals surface area contributed by atoms with Gasteiger partial charge in [0.2, 0.25) is 0 Å². The molecular formula is C64H122O14. The van der Waals surface area contributed by atoms with E-state index in [9.17, 15) is 40.5 Å². The molecular weight excluding hydrogens is 993 g/mol. The van der Waals surface area contributed by atoms with Crippen molar-refractivity contribution >= 4 is 5.97 Å². The maximum atomic E-state index is 13.1. The lowest BCUT2D eigenvalue weighted by Crippen LogP contribution is -2.61. The number of carbonyl (C=O) groups excluding carboxylic acids is 1. The summed E-state index contributed by atoms with van der Waals surface area (Å²) in [6.07, 6.45) is 42.8. The normalized spacial score (nSPS) is 24.1. The van der Waals surface area contributed by atoms with Crippen molar-refractivity contribution in [3.8, 4) is 0 Å². The topological polar surface area (TPSA) is 214 Å². The highest BCUT2D eigenvalue weighted by Crippen LogP contribution is 2.27. The van der Waals surface area contributed by atoms with Gasteiger partial charge in [0.25, 0.3) is 0 Å². The second kappa shape index (κ2) is 51.4. The van der Waals surface area contributed by atoms with E-state index >= 15 is 0 Å². The fourth-order valence-electron chi connectivity index (χ4n) is 10.8. The largest absolute Gasteiger partial charge is 0.457 e. The molecule has 78 heavy (non-hydrogen) atoms. The Bertz CT molecular complexity index is 1340. The van der Waals surface area contributed by atoms with Gasteiger partial charge >= 0.3 is 5.97 Å². The number of carbonyl (C=O) groups is 1. The van der Waals surface area contributed by atoms with Crippen molar-refractivity contribution in [1.82, 2.24) is 0 Å². The van der Waals surface area contributed by atoms with Crippen molar-refractivity contribution in [3.63, 3.8) is 0 Å². The van der Waals surface area contributed by atoms with Crippen molar-refractivity contribution in [1.29, 1.82) is 0 Å². The van der Waals surface area contributed by atoms with E-state index in [-0.39, 0.29) is 25.6 Å². The van der Waals surface area contributed by atoms with Gasteiger partial charge in [0.15, 0.2) is 12.6 Å². The SMILES string of the molecule is CCCCCCCCCC/C=C\CCCCCCCCCCCCCCCC(=O)OC(COCCCCCCCCCCCCCCCCCCCCC)COC1OC(COC2OC(CO)C(O)C(O)C2O)C(O)C(O)C1O. The van der Waals surface area contributed by atoms with Crippen molar-refractivity contribution in [2.45, 2.75) is 357 Å². The van der Waals surface area contributed by atoms with Crippen LogP contribution >= 0.6 is 0 Å². The van der Waals surface area contributed by atoms with Crippen molar-refractivity contribution in [2.24, 2.45) is 0 Å². The first-order valence-corrected chi connectivity index (χ1v) is 32.8. The molecule has 2 aliphatic rings. The zero-order valence-corrected chi connectivity index (χ0v) is 49.9. The molecule has 0 aromatic heterocycles. The average molecular weight is 1120 g/mol. The van der Waals surface area contributed by atoms with Gasteiger partial charge in [-0.25, -0.2) is 0 Å². The van der Waals surface area contributed by atoms with Gasteiger partial charge in [-0.3, -0.25) is 4.79 Å². The van der Waals surface area contributed by atoms with Gasteiger partial charge in [-0.05, 0) is 38.5 Å². The Morgan fingerprint density at radius 1 is 0.410 bits per heavy atom. The third kappa shape index (κ3) is 37.0. The monoisotopic (exact) mass is 1110 g/mol. The van der Waals surface area contributed by atoms with E-state index in [1.807, 2.05) is 0 Å². The molecule has 0 bridgehead atoms.